The number of aromatic nitrogens is 3. The van der Waals surface area contributed by atoms with E-state index >= 15 is 0 Å². The Bertz CT molecular complexity index is 775. The number of nitrogens with two attached hydrogens (primary N) is 1. The van der Waals surface area contributed by atoms with E-state index in [2.05, 4.69) is 41.4 Å². The third kappa shape index (κ3) is 2.35. The van der Waals surface area contributed by atoms with E-state index in [4.69, 9.17) is 5.73 Å². The van der Waals surface area contributed by atoms with E-state index in [1.54, 1.807) is 0 Å². The van der Waals surface area contributed by atoms with E-state index in [1.165, 1.54) is 6.42 Å². The molecule has 2 N–H and O–H groups in total. The van der Waals surface area contributed by atoms with Gasteiger partial charge in [0.1, 0.15) is 5.52 Å². The number of anilines is 1. The van der Waals surface area contributed by atoms with Crippen molar-refractivity contribution in [2.24, 2.45) is 5.92 Å². The summed E-state index contributed by atoms with van der Waals surface area (Å²) < 4.78 is 2.17. The molecule has 21 heavy (non-hydrogen) atoms. The van der Waals surface area contributed by atoms with Gasteiger partial charge in [-0.3, -0.25) is 4.98 Å². The Morgan fingerprint density at radius 1 is 1.19 bits per heavy atom. The zero-order chi connectivity index (χ0) is 15.0. The summed E-state index contributed by atoms with van der Waals surface area (Å²) >= 11 is 0. The van der Waals surface area contributed by atoms with Gasteiger partial charge in [-0.2, -0.15) is 0 Å². The Hall–Kier alpha value is -2.10. The van der Waals surface area contributed by atoms with Crippen molar-refractivity contribution in [1.29, 1.82) is 0 Å². The molecule has 0 fully saturated rings. The topological polar surface area (TPSA) is 56.7 Å². The van der Waals surface area contributed by atoms with Gasteiger partial charge in [-0.1, -0.05) is 38.5 Å². The van der Waals surface area contributed by atoms with Crippen LogP contribution in [0, 0.1) is 5.92 Å². The molecule has 2 aromatic heterocycles. The highest BCUT2D eigenvalue weighted by atomic mass is 15.2. The fourth-order valence-corrected chi connectivity index (χ4v) is 3.04. The van der Waals surface area contributed by atoms with Gasteiger partial charge < -0.3 is 10.3 Å². The minimum atomic E-state index is 0.329. The molecule has 3 aromatic rings. The van der Waals surface area contributed by atoms with Crippen molar-refractivity contribution in [3.8, 4) is 0 Å². The third-order valence-electron chi connectivity index (χ3n) is 4.33. The smallest absolute Gasteiger partial charge is 0.201 e. The van der Waals surface area contributed by atoms with E-state index in [-0.39, 0.29) is 0 Å². The van der Waals surface area contributed by atoms with Gasteiger partial charge in [0.15, 0.2) is 0 Å². The molecule has 0 aliphatic carbocycles. The summed E-state index contributed by atoms with van der Waals surface area (Å²) in [7, 11) is 0. The summed E-state index contributed by atoms with van der Waals surface area (Å²) in [6.45, 7) is 6.73. The van der Waals surface area contributed by atoms with Crippen molar-refractivity contribution in [2.75, 3.05) is 5.73 Å². The van der Waals surface area contributed by atoms with E-state index < -0.39 is 0 Å². The van der Waals surface area contributed by atoms with Crippen LogP contribution in [-0.2, 0) is 0 Å². The Labute approximate surface area is 125 Å². The summed E-state index contributed by atoms with van der Waals surface area (Å²) in [5.41, 5.74) is 9.16. The van der Waals surface area contributed by atoms with Crippen molar-refractivity contribution in [3.63, 3.8) is 0 Å². The van der Waals surface area contributed by atoms with Crippen LogP contribution < -0.4 is 5.73 Å². The first-order valence-electron chi connectivity index (χ1n) is 7.63. The lowest BCUT2D eigenvalue weighted by Crippen LogP contribution is -2.12. The first-order chi connectivity index (χ1) is 10.1. The van der Waals surface area contributed by atoms with Crippen LogP contribution in [0.15, 0.2) is 30.5 Å². The largest absolute Gasteiger partial charge is 0.369 e. The fourth-order valence-electron chi connectivity index (χ4n) is 3.04. The molecule has 0 saturated carbocycles. The molecule has 0 saturated heterocycles. The average molecular weight is 282 g/mol. The van der Waals surface area contributed by atoms with Crippen LogP contribution in [0.2, 0.25) is 0 Å². The first-order valence-corrected chi connectivity index (χ1v) is 7.63. The molecular formula is C17H22N4. The van der Waals surface area contributed by atoms with Gasteiger partial charge in [-0.15, -0.1) is 0 Å². The second kappa shape index (κ2) is 5.35. The highest BCUT2D eigenvalue weighted by molar-refractivity contribution is 6.03. The molecule has 2 heterocycles. The summed E-state index contributed by atoms with van der Waals surface area (Å²) in [4.78, 5) is 8.96. The number of hydrogen-bond acceptors (Lipinski definition) is 3. The van der Waals surface area contributed by atoms with Crippen LogP contribution in [0.5, 0.6) is 0 Å². The lowest BCUT2D eigenvalue weighted by Gasteiger charge is -2.20. The number of rotatable bonds is 4. The lowest BCUT2D eigenvalue weighted by atomic mass is 10.00. The molecule has 4 heteroatoms. The fraction of sp³-hybridized carbons (Fsp3) is 0.412. The Kier molecular flexibility index (Phi) is 3.53. The standard InChI is InChI=1S/C17H22N4/c1-4-11(2)9-12(3)21-16-13-7-5-6-8-14(13)19-10-15(16)20-17(21)18/h5-8,10-12H,4,9H2,1-3H3,(H2,18,20). The van der Waals surface area contributed by atoms with Crippen LogP contribution in [0.1, 0.15) is 39.7 Å². The van der Waals surface area contributed by atoms with Gasteiger partial charge in [0, 0.05) is 11.4 Å². The molecule has 3 rings (SSSR count). The number of para-hydroxylation sites is 1. The van der Waals surface area contributed by atoms with Crippen molar-refractivity contribution in [2.45, 2.75) is 39.7 Å². The highest BCUT2D eigenvalue weighted by Crippen LogP contribution is 2.31. The normalized spacial score (nSPS) is 14.6. The van der Waals surface area contributed by atoms with Crippen LogP contribution in [0.4, 0.5) is 5.95 Å². The van der Waals surface area contributed by atoms with E-state index in [9.17, 15) is 0 Å². The number of imidazole rings is 1. The summed E-state index contributed by atoms with van der Waals surface area (Å²) in [5, 5.41) is 1.12. The molecule has 110 valence electrons. The van der Waals surface area contributed by atoms with Crippen LogP contribution >= 0.6 is 0 Å². The van der Waals surface area contributed by atoms with Gasteiger partial charge >= 0.3 is 0 Å². The predicted octanol–water partition coefficient (Wildman–Crippen LogP) is 4.16. The zero-order valence-corrected chi connectivity index (χ0v) is 12.9. The van der Waals surface area contributed by atoms with E-state index in [0.29, 0.717) is 17.9 Å². The first kappa shape index (κ1) is 13.9. The maximum atomic E-state index is 6.19. The van der Waals surface area contributed by atoms with Crippen LogP contribution in [0.3, 0.4) is 0 Å². The van der Waals surface area contributed by atoms with Crippen molar-refractivity contribution < 1.29 is 0 Å². The minimum Gasteiger partial charge on any atom is -0.369 e. The number of benzene rings is 1. The summed E-state index contributed by atoms with van der Waals surface area (Å²) in [5.74, 6) is 1.25. The molecule has 1 aromatic carbocycles. The average Bonchev–Trinajstić information content (AvgIpc) is 2.83. The van der Waals surface area contributed by atoms with Gasteiger partial charge in [0.2, 0.25) is 5.95 Å². The number of nitrogen functional groups attached to an aromatic ring is 1. The van der Waals surface area contributed by atoms with Gasteiger partial charge in [-0.25, -0.2) is 4.98 Å². The Balaban J connectivity index is 2.21. The molecule has 0 aliphatic rings. The van der Waals surface area contributed by atoms with Gasteiger partial charge in [0.05, 0.1) is 17.2 Å². The molecule has 0 bridgehead atoms. The van der Waals surface area contributed by atoms with Crippen LogP contribution in [0.25, 0.3) is 21.9 Å². The Morgan fingerprint density at radius 2 is 1.95 bits per heavy atom. The summed E-state index contributed by atoms with van der Waals surface area (Å²) in [6, 6.07) is 8.50. The van der Waals surface area contributed by atoms with Crippen molar-refractivity contribution in [3.05, 3.63) is 30.5 Å². The van der Waals surface area contributed by atoms with Gasteiger partial charge in [-0.05, 0) is 25.3 Å². The Morgan fingerprint density at radius 3 is 2.71 bits per heavy atom. The molecule has 2 atom stereocenters. The molecule has 2 unspecified atom stereocenters. The number of pyridine rings is 1. The van der Waals surface area contributed by atoms with E-state index in [1.807, 2.05) is 24.4 Å². The second-order valence-electron chi connectivity index (χ2n) is 5.95. The molecule has 4 nitrogen and oxygen atoms in total. The highest BCUT2D eigenvalue weighted by Gasteiger charge is 2.18. The predicted molar refractivity (Wildman–Crippen MR) is 88.2 cm³/mol. The monoisotopic (exact) mass is 282 g/mol. The maximum absolute atomic E-state index is 6.19. The third-order valence-corrected chi connectivity index (χ3v) is 4.33. The minimum absolute atomic E-state index is 0.329. The molecule has 0 aliphatic heterocycles. The van der Waals surface area contributed by atoms with E-state index in [0.717, 1.165) is 28.4 Å². The maximum Gasteiger partial charge on any atom is 0.201 e. The van der Waals surface area contributed by atoms with Gasteiger partial charge in [0.25, 0.3) is 0 Å². The molecule has 0 radical (unpaired) electrons. The quantitative estimate of drug-likeness (QED) is 0.781. The second-order valence-corrected chi connectivity index (χ2v) is 5.95. The zero-order valence-electron chi connectivity index (χ0n) is 12.9. The van der Waals surface area contributed by atoms with Crippen LogP contribution in [-0.4, -0.2) is 14.5 Å². The number of nitrogens with zero attached hydrogens (tertiary/aromatic N) is 3. The van der Waals surface area contributed by atoms with Crippen molar-refractivity contribution >= 4 is 27.9 Å². The molecular weight excluding hydrogens is 260 g/mol. The number of fused-ring (bicyclic) bond motifs is 3. The SMILES string of the molecule is CCC(C)CC(C)n1c(N)nc2cnc3ccccc3c21. The lowest BCUT2D eigenvalue weighted by molar-refractivity contribution is 0.408. The number of hydrogen-bond donors (Lipinski definition) is 1. The molecule has 0 spiro atoms. The van der Waals surface area contributed by atoms with Crippen molar-refractivity contribution in [1.82, 2.24) is 14.5 Å². The summed E-state index contributed by atoms with van der Waals surface area (Å²) in [6.07, 6.45) is 4.10. The molecule has 0 amide bonds.